The van der Waals surface area contributed by atoms with Crippen molar-refractivity contribution in [3.63, 3.8) is 0 Å². The van der Waals surface area contributed by atoms with Crippen LogP contribution in [0.5, 0.6) is 5.75 Å². The highest BCUT2D eigenvalue weighted by Gasteiger charge is 2.11. The molecule has 2 aromatic rings. The largest absolute Gasteiger partial charge is 0.494 e. The summed E-state index contributed by atoms with van der Waals surface area (Å²) in [6.45, 7) is 3.01. The summed E-state index contributed by atoms with van der Waals surface area (Å²) in [4.78, 5) is 10.6. The third-order valence-electron chi connectivity index (χ3n) is 3.03. The van der Waals surface area contributed by atoms with Gasteiger partial charge in [-0.25, -0.2) is 0 Å². The second kappa shape index (κ2) is 6.43. The predicted octanol–water partition coefficient (Wildman–Crippen LogP) is 2.27. The van der Waals surface area contributed by atoms with Crippen molar-refractivity contribution in [2.45, 2.75) is 32.4 Å². The number of carbonyl (C=O) groups is 1. The Kier molecular flexibility index (Phi) is 4.63. The van der Waals surface area contributed by atoms with Gasteiger partial charge >= 0.3 is 5.97 Å². The first kappa shape index (κ1) is 14.4. The molecule has 0 aliphatic rings. The van der Waals surface area contributed by atoms with Gasteiger partial charge in [-0.2, -0.15) is 0 Å². The number of rotatable bonds is 7. The lowest BCUT2D eigenvalue weighted by Crippen LogP contribution is -2.19. The zero-order valence-corrected chi connectivity index (χ0v) is 11.5. The molecule has 0 aliphatic heterocycles. The van der Waals surface area contributed by atoms with Crippen LogP contribution in [-0.4, -0.2) is 33.5 Å². The number of ether oxygens (including phenoxy) is 1. The summed E-state index contributed by atoms with van der Waals surface area (Å²) in [5, 5.41) is 19.4. The molecule has 0 radical (unpaired) electrons. The van der Waals surface area contributed by atoms with E-state index >= 15 is 0 Å². The lowest BCUT2D eigenvalue weighted by molar-refractivity contribution is -0.139. The topological polar surface area (TPSA) is 71.7 Å². The van der Waals surface area contributed by atoms with Crippen molar-refractivity contribution in [3.05, 3.63) is 30.5 Å². The number of hydrogen-bond acceptors (Lipinski definition) is 3. The molecular weight excluding hydrogens is 258 g/mol. The highest BCUT2D eigenvalue weighted by atomic mass is 16.5. The van der Waals surface area contributed by atoms with E-state index in [0.29, 0.717) is 6.61 Å². The van der Waals surface area contributed by atoms with Crippen molar-refractivity contribution in [1.82, 2.24) is 4.57 Å². The number of aliphatic carboxylic acids is 1. The smallest absolute Gasteiger partial charge is 0.306 e. The molecule has 0 aliphatic carbocycles. The summed E-state index contributed by atoms with van der Waals surface area (Å²) >= 11 is 0. The molecule has 5 nitrogen and oxygen atoms in total. The van der Waals surface area contributed by atoms with Crippen LogP contribution in [0.3, 0.4) is 0 Å². The van der Waals surface area contributed by atoms with Gasteiger partial charge in [0.05, 0.1) is 19.1 Å². The van der Waals surface area contributed by atoms with Gasteiger partial charge in [-0.15, -0.1) is 0 Å². The molecule has 0 spiro atoms. The molecule has 0 saturated carbocycles. The van der Waals surface area contributed by atoms with Crippen molar-refractivity contribution >= 4 is 16.9 Å². The maximum atomic E-state index is 10.6. The molecule has 1 aromatic carbocycles. The molecule has 2 rings (SSSR count). The van der Waals surface area contributed by atoms with E-state index in [2.05, 4.69) is 6.92 Å². The van der Waals surface area contributed by atoms with Crippen LogP contribution in [0.2, 0.25) is 0 Å². The second-order valence-electron chi connectivity index (χ2n) is 4.79. The zero-order valence-electron chi connectivity index (χ0n) is 11.5. The average molecular weight is 277 g/mol. The highest BCUT2D eigenvalue weighted by molar-refractivity contribution is 5.81. The number of hydrogen-bond donors (Lipinski definition) is 2. The van der Waals surface area contributed by atoms with Crippen molar-refractivity contribution < 1.29 is 19.7 Å². The van der Waals surface area contributed by atoms with Crippen LogP contribution in [0, 0.1) is 0 Å². The van der Waals surface area contributed by atoms with E-state index in [1.54, 1.807) is 0 Å². The van der Waals surface area contributed by atoms with Gasteiger partial charge in [0.15, 0.2) is 0 Å². The molecule has 1 atom stereocenters. The van der Waals surface area contributed by atoms with Crippen molar-refractivity contribution in [1.29, 1.82) is 0 Å². The molecule has 2 N–H and O–H groups in total. The number of carboxylic acids is 1. The van der Waals surface area contributed by atoms with Crippen LogP contribution in [0.1, 0.15) is 19.8 Å². The summed E-state index contributed by atoms with van der Waals surface area (Å²) in [7, 11) is 0. The van der Waals surface area contributed by atoms with Gasteiger partial charge in [0.25, 0.3) is 0 Å². The maximum Gasteiger partial charge on any atom is 0.306 e. The van der Waals surface area contributed by atoms with Gasteiger partial charge in [-0.3, -0.25) is 4.79 Å². The summed E-state index contributed by atoms with van der Waals surface area (Å²) in [5.74, 6) is -0.174. The Labute approximate surface area is 117 Å². The van der Waals surface area contributed by atoms with E-state index in [1.807, 2.05) is 35.0 Å². The van der Waals surface area contributed by atoms with Gasteiger partial charge < -0.3 is 19.5 Å². The Morgan fingerprint density at radius 2 is 2.20 bits per heavy atom. The number of fused-ring (bicyclic) bond motifs is 1. The fraction of sp³-hybridized carbons (Fsp3) is 0.400. The Bertz CT molecular complexity index is 591. The molecule has 5 heteroatoms. The van der Waals surface area contributed by atoms with E-state index < -0.39 is 12.1 Å². The first-order valence-corrected chi connectivity index (χ1v) is 6.71. The Balaban J connectivity index is 2.13. The highest BCUT2D eigenvalue weighted by Crippen LogP contribution is 2.22. The molecule has 108 valence electrons. The lowest BCUT2D eigenvalue weighted by atomic mass is 10.2. The quantitative estimate of drug-likeness (QED) is 0.814. The summed E-state index contributed by atoms with van der Waals surface area (Å²) in [6.07, 6.45) is 1.66. The minimum Gasteiger partial charge on any atom is -0.494 e. The monoisotopic (exact) mass is 277 g/mol. The first-order valence-electron chi connectivity index (χ1n) is 6.71. The number of aromatic nitrogens is 1. The number of carboxylic acid groups (broad SMARTS) is 1. The van der Waals surface area contributed by atoms with Gasteiger partial charge in [0, 0.05) is 23.6 Å². The van der Waals surface area contributed by atoms with Gasteiger partial charge in [0.1, 0.15) is 5.75 Å². The molecule has 0 fully saturated rings. The second-order valence-corrected chi connectivity index (χ2v) is 4.79. The van der Waals surface area contributed by atoms with E-state index in [-0.39, 0.29) is 13.0 Å². The Morgan fingerprint density at radius 3 is 2.90 bits per heavy atom. The van der Waals surface area contributed by atoms with Crippen LogP contribution < -0.4 is 4.74 Å². The molecular formula is C15H19NO4. The van der Waals surface area contributed by atoms with Crippen LogP contribution in [0.4, 0.5) is 0 Å². The van der Waals surface area contributed by atoms with Crippen molar-refractivity contribution in [2.75, 3.05) is 6.61 Å². The SMILES string of the molecule is CCCOc1ccc2c(ccn2CC(O)CC(=O)O)c1. The third-order valence-corrected chi connectivity index (χ3v) is 3.03. The summed E-state index contributed by atoms with van der Waals surface area (Å²) in [6, 6.07) is 7.69. The Hall–Kier alpha value is -2.01. The summed E-state index contributed by atoms with van der Waals surface area (Å²) < 4.78 is 7.42. The van der Waals surface area contributed by atoms with Gasteiger partial charge in [-0.1, -0.05) is 6.92 Å². The van der Waals surface area contributed by atoms with E-state index in [1.165, 1.54) is 0 Å². The van der Waals surface area contributed by atoms with E-state index in [0.717, 1.165) is 23.1 Å². The number of aliphatic hydroxyl groups is 1. The fourth-order valence-electron chi connectivity index (χ4n) is 2.14. The predicted molar refractivity (Wildman–Crippen MR) is 76.0 cm³/mol. The van der Waals surface area contributed by atoms with Crippen molar-refractivity contribution in [3.8, 4) is 5.75 Å². The molecule has 1 heterocycles. The van der Waals surface area contributed by atoms with Gasteiger partial charge in [0.2, 0.25) is 0 Å². The van der Waals surface area contributed by atoms with Crippen molar-refractivity contribution in [2.24, 2.45) is 0 Å². The van der Waals surface area contributed by atoms with Gasteiger partial charge in [-0.05, 0) is 30.7 Å². The zero-order chi connectivity index (χ0) is 14.5. The first-order chi connectivity index (χ1) is 9.60. The standard InChI is InChI=1S/C15H19NO4/c1-2-7-20-13-3-4-14-11(8-13)5-6-16(14)10-12(17)9-15(18)19/h3-6,8,12,17H,2,7,9-10H2,1H3,(H,18,19). The fourth-order valence-corrected chi connectivity index (χ4v) is 2.14. The van der Waals surface area contributed by atoms with E-state index in [9.17, 15) is 9.90 Å². The number of nitrogens with zero attached hydrogens (tertiary/aromatic N) is 1. The minimum absolute atomic E-state index is 0.253. The van der Waals surface area contributed by atoms with Crippen LogP contribution in [0.25, 0.3) is 10.9 Å². The molecule has 0 amide bonds. The van der Waals surface area contributed by atoms with Crippen LogP contribution >= 0.6 is 0 Å². The number of benzene rings is 1. The minimum atomic E-state index is -0.996. The Morgan fingerprint density at radius 1 is 1.40 bits per heavy atom. The normalized spacial score (nSPS) is 12.5. The van der Waals surface area contributed by atoms with Crippen LogP contribution in [0.15, 0.2) is 30.5 Å². The molecule has 1 aromatic heterocycles. The lowest BCUT2D eigenvalue weighted by Gasteiger charge is -2.11. The molecule has 0 bridgehead atoms. The molecule has 20 heavy (non-hydrogen) atoms. The number of aliphatic hydroxyl groups excluding tert-OH is 1. The third kappa shape index (κ3) is 3.51. The maximum absolute atomic E-state index is 10.6. The van der Waals surface area contributed by atoms with E-state index in [4.69, 9.17) is 9.84 Å². The summed E-state index contributed by atoms with van der Waals surface area (Å²) in [5.41, 5.74) is 0.957. The molecule has 0 saturated heterocycles. The average Bonchev–Trinajstić information content (AvgIpc) is 2.78. The van der Waals surface area contributed by atoms with Crippen LogP contribution in [-0.2, 0) is 11.3 Å². The molecule has 1 unspecified atom stereocenters.